The molecular weight excluding hydrogens is 392 g/mol. The smallest absolute Gasteiger partial charge is 0.242 e. The molecule has 0 saturated carbocycles. The van der Waals surface area contributed by atoms with Crippen LogP contribution in [0.3, 0.4) is 0 Å². The average Bonchev–Trinajstić information content (AvgIpc) is 2.43. The molecule has 0 aliphatic carbocycles. The maximum absolute atomic E-state index is 12.5. The van der Waals surface area contributed by atoms with Gasteiger partial charge in [0.1, 0.15) is 5.75 Å². The van der Waals surface area contributed by atoms with Gasteiger partial charge in [-0.2, -0.15) is 0 Å². The second-order valence-corrected chi connectivity index (χ2v) is 8.31. The molecule has 22 heavy (non-hydrogen) atoms. The summed E-state index contributed by atoms with van der Waals surface area (Å²) in [6.45, 7) is 4.44. The van der Waals surface area contributed by atoms with Crippen molar-refractivity contribution in [2.45, 2.75) is 31.2 Å². The van der Waals surface area contributed by atoms with Crippen LogP contribution in [0.5, 0.6) is 5.75 Å². The van der Waals surface area contributed by atoms with E-state index in [0.29, 0.717) is 29.1 Å². The third-order valence-electron chi connectivity index (χ3n) is 3.42. The lowest BCUT2D eigenvalue weighted by Crippen LogP contribution is -2.34. The Morgan fingerprint density at radius 1 is 1.32 bits per heavy atom. The summed E-state index contributed by atoms with van der Waals surface area (Å²) in [6.07, 6.45) is 0.624. The number of rotatable bonds is 7. The van der Waals surface area contributed by atoms with Crippen LogP contribution in [-0.2, 0) is 10.0 Å². The van der Waals surface area contributed by atoms with E-state index in [1.54, 1.807) is 19.2 Å². The first-order valence-corrected chi connectivity index (χ1v) is 8.98. The molecule has 1 unspecified atom stereocenters. The predicted octanol–water partition coefficient (Wildman–Crippen LogP) is 2.87. The van der Waals surface area contributed by atoms with Crippen LogP contribution < -0.4 is 10.5 Å². The molecule has 1 aromatic carbocycles. The molecule has 0 heterocycles. The lowest BCUT2D eigenvalue weighted by Gasteiger charge is -2.21. The molecule has 0 spiro atoms. The van der Waals surface area contributed by atoms with Gasteiger partial charge in [0, 0.05) is 30.2 Å². The number of nitrogens with zero attached hydrogens (tertiary/aromatic N) is 1. The van der Waals surface area contributed by atoms with Gasteiger partial charge in [-0.25, -0.2) is 12.7 Å². The van der Waals surface area contributed by atoms with Crippen molar-refractivity contribution >= 4 is 38.4 Å². The van der Waals surface area contributed by atoms with Gasteiger partial charge in [0.15, 0.2) is 0 Å². The number of benzene rings is 1. The van der Waals surface area contributed by atoms with E-state index in [4.69, 9.17) is 10.5 Å². The molecule has 0 fully saturated rings. The van der Waals surface area contributed by atoms with E-state index in [0.717, 1.165) is 0 Å². The number of halogens is 2. The van der Waals surface area contributed by atoms with Crippen LogP contribution in [0.15, 0.2) is 27.6 Å². The number of sulfonamides is 1. The van der Waals surface area contributed by atoms with E-state index in [1.807, 2.05) is 13.8 Å². The second kappa shape index (κ2) is 9.08. The molecule has 0 radical (unpaired) electrons. The molecular formula is C14H24BrClN2O3S. The first-order chi connectivity index (χ1) is 9.68. The fourth-order valence-corrected chi connectivity index (χ4v) is 3.64. The molecule has 0 saturated heterocycles. The topological polar surface area (TPSA) is 72.6 Å². The van der Waals surface area contributed by atoms with Crippen molar-refractivity contribution in [3.63, 3.8) is 0 Å². The number of ether oxygens (including phenoxy) is 1. The van der Waals surface area contributed by atoms with Crippen LogP contribution in [0, 0.1) is 5.92 Å². The normalized spacial score (nSPS) is 13.1. The van der Waals surface area contributed by atoms with Crippen LogP contribution in [0.4, 0.5) is 0 Å². The first kappa shape index (κ1) is 21.7. The predicted molar refractivity (Wildman–Crippen MR) is 95.2 cm³/mol. The summed E-state index contributed by atoms with van der Waals surface area (Å²) in [6, 6.07) is 4.78. The van der Waals surface area contributed by atoms with Gasteiger partial charge in [-0.05, 0) is 24.5 Å². The molecule has 1 aromatic rings. The van der Waals surface area contributed by atoms with E-state index >= 15 is 0 Å². The number of hydrogen-bond acceptors (Lipinski definition) is 4. The van der Waals surface area contributed by atoms with E-state index in [1.165, 1.54) is 17.5 Å². The quantitative estimate of drug-likeness (QED) is 0.743. The highest BCUT2D eigenvalue weighted by Gasteiger charge is 2.22. The third-order valence-corrected chi connectivity index (χ3v) is 5.71. The lowest BCUT2D eigenvalue weighted by atomic mass is 10.0. The van der Waals surface area contributed by atoms with Crippen LogP contribution >= 0.6 is 28.3 Å². The van der Waals surface area contributed by atoms with Crippen LogP contribution in [-0.4, -0.2) is 39.5 Å². The highest BCUT2D eigenvalue weighted by Crippen LogP contribution is 2.26. The standard InChI is InChI=1S/C14H23BrN2O3S.ClH/c1-10(2)14(16)5-6-17(3)21(18,19)13-8-11(15)7-12(9-13)20-4;/h7-10,14H,5-6,16H2,1-4H3;1H. The zero-order valence-corrected chi connectivity index (χ0v) is 16.5. The summed E-state index contributed by atoms with van der Waals surface area (Å²) in [4.78, 5) is 0.203. The van der Waals surface area contributed by atoms with Crippen LogP contribution in [0.25, 0.3) is 0 Å². The highest BCUT2D eigenvalue weighted by atomic mass is 79.9. The molecule has 0 bridgehead atoms. The van der Waals surface area contributed by atoms with Crippen molar-refractivity contribution in [1.82, 2.24) is 4.31 Å². The van der Waals surface area contributed by atoms with Crippen molar-refractivity contribution < 1.29 is 13.2 Å². The largest absolute Gasteiger partial charge is 0.497 e. The summed E-state index contributed by atoms with van der Waals surface area (Å²) in [7, 11) is -0.479. The van der Waals surface area contributed by atoms with E-state index in [9.17, 15) is 8.42 Å². The summed E-state index contributed by atoms with van der Waals surface area (Å²) >= 11 is 3.29. The number of hydrogen-bond donors (Lipinski definition) is 1. The molecule has 1 rings (SSSR count). The van der Waals surface area contributed by atoms with Crippen LogP contribution in [0.2, 0.25) is 0 Å². The van der Waals surface area contributed by atoms with Gasteiger partial charge in [-0.3, -0.25) is 0 Å². The molecule has 0 aromatic heterocycles. The Balaban J connectivity index is 0.00000441. The minimum absolute atomic E-state index is 0. The van der Waals surface area contributed by atoms with Gasteiger partial charge >= 0.3 is 0 Å². The Kier molecular flexibility index (Phi) is 8.94. The summed E-state index contributed by atoms with van der Waals surface area (Å²) < 4.78 is 32.2. The Labute approximate surface area is 147 Å². The first-order valence-electron chi connectivity index (χ1n) is 6.75. The highest BCUT2D eigenvalue weighted by molar-refractivity contribution is 9.10. The minimum Gasteiger partial charge on any atom is -0.497 e. The van der Waals surface area contributed by atoms with Gasteiger partial charge in [0.2, 0.25) is 10.0 Å². The van der Waals surface area contributed by atoms with E-state index < -0.39 is 10.0 Å². The third kappa shape index (κ3) is 5.70. The Morgan fingerprint density at radius 3 is 2.41 bits per heavy atom. The molecule has 0 aliphatic rings. The van der Waals surface area contributed by atoms with Gasteiger partial charge < -0.3 is 10.5 Å². The maximum Gasteiger partial charge on any atom is 0.242 e. The van der Waals surface area contributed by atoms with Gasteiger partial charge in [0.05, 0.1) is 12.0 Å². The number of nitrogens with two attached hydrogens (primary N) is 1. The lowest BCUT2D eigenvalue weighted by molar-refractivity contribution is 0.396. The van der Waals surface area contributed by atoms with Crippen molar-refractivity contribution in [2.24, 2.45) is 11.7 Å². The van der Waals surface area contributed by atoms with Gasteiger partial charge in [-0.1, -0.05) is 29.8 Å². The molecule has 5 nitrogen and oxygen atoms in total. The van der Waals surface area contributed by atoms with Gasteiger partial charge in [-0.15, -0.1) is 12.4 Å². The zero-order valence-electron chi connectivity index (χ0n) is 13.2. The minimum atomic E-state index is -3.55. The second-order valence-electron chi connectivity index (χ2n) is 5.35. The summed E-state index contributed by atoms with van der Waals surface area (Å²) in [5.41, 5.74) is 5.97. The fourth-order valence-electron chi connectivity index (χ4n) is 1.77. The van der Waals surface area contributed by atoms with Crippen molar-refractivity contribution in [3.8, 4) is 5.75 Å². The molecule has 8 heteroatoms. The molecule has 0 amide bonds. The molecule has 1 atom stereocenters. The molecule has 0 aliphatic heterocycles. The van der Waals surface area contributed by atoms with Crippen molar-refractivity contribution in [1.29, 1.82) is 0 Å². The average molecular weight is 416 g/mol. The molecule has 128 valence electrons. The van der Waals surface area contributed by atoms with Crippen molar-refractivity contribution in [3.05, 3.63) is 22.7 Å². The Hall–Kier alpha value is -0.340. The monoisotopic (exact) mass is 414 g/mol. The maximum atomic E-state index is 12.5. The Bertz CT molecular complexity index is 581. The van der Waals surface area contributed by atoms with Crippen molar-refractivity contribution in [2.75, 3.05) is 20.7 Å². The summed E-state index contributed by atoms with van der Waals surface area (Å²) in [5, 5.41) is 0. The zero-order chi connectivity index (χ0) is 16.2. The molecule has 2 N–H and O–H groups in total. The van der Waals surface area contributed by atoms with Gasteiger partial charge in [0.25, 0.3) is 0 Å². The van der Waals surface area contributed by atoms with Crippen LogP contribution in [0.1, 0.15) is 20.3 Å². The van der Waals surface area contributed by atoms with E-state index in [-0.39, 0.29) is 23.3 Å². The fraction of sp³-hybridized carbons (Fsp3) is 0.571. The Morgan fingerprint density at radius 2 is 1.91 bits per heavy atom. The number of methoxy groups -OCH3 is 1. The SMILES string of the molecule is COc1cc(Br)cc(S(=O)(=O)N(C)CCC(N)C(C)C)c1.Cl. The van der Waals surface area contributed by atoms with E-state index in [2.05, 4.69) is 15.9 Å². The summed E-state index contributed by atoms with van der Waals surface area (Å²) in [5.74, 6) is 0.822.